The number of aliphatic hydroxyl groups is 1. The van der Waals surface area contributed by atoms with Crippen LogP contribution in [0, 0.1) is 0 Å². The summed E-state index contributed by atoms with van der Waals surface area (Å²) in [5.74, 6) is 0. The Morgan fingerprint density at radius 2 is 0.530 bits per heavy atom. The molecule has 0 aromatic heterocycles. The molecule has 3 atom stereocenters. The zero-order valence-corrected chi connectivity index (χ0v) is 65.8. The lowest BCUT2D eigenvalue weighted by atomic mass is 10.1. The van der Waals surface area contributed by atoms with Crippen molar-refractivity contribution in [1.29, 1.82) is 0 Å². The van der Waals surface area contributed by atoms with Crippen molar-refractivity contribution in [2.24, 2.45) is 0 Å². The number of hydrogen-bond acceptors (Lipinski definition) is 19. The van der Waals surface area contributed by atoms with E-state index in [2.05, 4.69) is 118 Å². The van der Waals surface area contributed by atoms with E-state index in [1.807, 2.05) is 0 Å². The lowest BCUT2D eigenvalue weighted by molar-refractivity contribution is -0.0268. The predicted octanol–water partition coefficient (Wildman–Crippen LogP) is 12.4. The molecule has 0 saturated carbocycles. The second-order valence-corrected chi connectivity index (χ2v) is 62.2. The fraction of sp³-hybridized carbons (Fsp3) is 1.00. The van der Waals surface area contributed by atoms with Gasteiger partial charge in [-0.2, -0.15) is 0 Å². The third-order valence-electron chi connectivity index (χ3n) is 12.0. The molecule has 1 N–H and O–H groups in total. The maximum absolute atomic E-state index is 8.67. The van der Waals surface area contributed by atoms with Crippen LogP contribution >= 0.6 is 0 Å². The van der Waals surface area contributed by atoms with Crippen LogP contribution in [0.25, 0.3) is 0 Å². The average Bonchev–Trinajstić information content (AvgIpc) is 2.58. The molecular formula is C55H130O19Si9. The minimum atomic E-state index is -3.12. The Hall–Kier alpha value is 1.19. The molecular weight excluding hydrogens is 1220 g/mol. The molecule has 83 heavy (non-hydrogen) atoms. The molecule has 0 rings (SSSR count). The Morgan fingerprint density at radius 3 is 0.843 bits per heavy atom. The van der Waals surface area contributed by atoms with E-state index in [9.17, 15) is 0 Å². The largest absolute Gasteiger partial charge is 0.479 e. The van der Waals surface area contributed by atoms with Gasteiger partial charge in [-0.3, -0.25) is 0 Å². The number of hydrogen-bond donors (Lipinski definition) is 1. The highest BCUT2D eigenvalue weighted by Crippen LogP contribution is 2.37. The Kier molecular flexibility index (Phi) is 47.8. The molecule has 0 spiro atoms. The first-order chi connectivity index (χ1) is 38.8. The molecule has 3 unspecified atom stereocenters. The molecule has 500 valence electrons. The molecule has 28 heteroatoms. The summed E-state index contributed by atoms with van der Waals surface area (Å²) in [6, 6.07) is 2.91. The molecule has 0 aromatic rings. The Bertz CT molecular complexity index is 1500. The zero-order valence-electron chi connectivity index (χ0n) is 56.8. The van der Waals surface area contributed by atoms with Crippen LogP contribution in [-0.2, 0) is 80.6 Å². The van der Waals surface area contributed by atoms with E-state index >= 15 is 0 Å². The minimum Gasteiger partial charge on any atom is -0.437 e. The molecule has 19 nitrogen and oxygen atoms in total. The molecule has 0 radical (unpaired) electrons. The third-order valence-corrected chi connectivity index (χ3v) is 44.3. The van der Waals surface area contributed by atoms with E-state index in [4.69, 9.17) is 85.7 Å². The molecule has 0 heterocycles. The quantitative estimate of drug-likeness (QED) is 0.0447. The van der Waals surface area contributed by atoms with Gasteiger partial charge >= 0.3 is 43.0 Å². The van der Waals surface area contributed by atoms with Gasteiger partial charge in [0.15, 0.2) is 33.3 Å². The monoisotopic (exact) mass is 1350 g/mol. The lowest BCUT2D eigenvalue weighted by Crippen LogP contribution is -2.63. The van der Waals surface area contributed by atoms with Gasteiger partial charge in [-0.05, 0) is 136 Å². The molecule has 0 aliphatic heterocycles. The van der Waals surface area contributed by atoms with Crippen molar-refractivity contribution in [2.75, 3.05) is 146 Å². The molecule has 0 fully saturated rings. The van der Waals surface area contributed by atoms with Gasteiger partial charge in [0.25, 0.3) is 0 Å². The van der Waals surface area contributed by atoms with Gasteiger partial charge in [-0.1, -0.05) is 71.1 Å². The van der Waals surface area contributed by atoms with E-state index in [0.29, 0.717) is 144 Å². The third kappa shape index (κ3) is 53.6. The van der Waals surface area contributed by atoms with Crippen LogP contribution < -0.4 is 0 Å². The van der Waals surface area contributed by atoms with Crippen molar-refractivity contribution < 1.29 is 85.7 Å². The van der Waals surface area contributed by atoms with Gasteiger partial charge in [0.05, 0.1) is 132 Å². The first-order valence-electron chi connectivity index (χ1n) is 31.7. The van der Waals surface area contributed by atoms with Crippen LogP contribution in [-0.4, -0.2) is 227 Å². The molecule has 0 aliphatic carbocycles. The molecule has 0 aliphatic rings. The highest BCUT2D eigenvalue weighted by atomic mass is 28.5. The molecule has 0 amide bonds. The van der Waals surface area contributed by atoms with Gasteiger partial charge in [0.1, 0.15) is 0 Å². The van der Waals surface area contributed by atoms with E-state index in [-0.39, 0.29) is 6.61 Å². The van der Waals surface area contributed by atoms with Crippen molar-refractivity contribution >= 4 is 76.3 Å². The van der Waals surface area contributed by atoms with Crippen molar-refractivity contribution in [3.05, 3.63) is 0 Å². The maximum Gasteiger partial charge on any atom is 0.479 e. The summed E-state index contributed by atoms with van der Waals surface area (Å²) in [5, 5.41) is 8.67. The van der Waals surface area contributed by atoms with Crippen molar-refractivity contribution in [1.82, 2.24) is 0 Å². The Balaban J connectivity index is 5.46. The van der Waals surface area contributed by atoms with Crippen LogP contribution in [0.5, 0.6) is 0 Å². The summed E-state index contributed by atoms with van der Waals surface area (Å²) in [6.45, 7) is 49.9. The summed E-state index contributed by atoms with van der Waals surface area (Å²) < 4.78 is 113. The topological polar surface area (TPSA) is 186 Å². The number of ether oxygens (including phenoxy) is 10. The van der Waals surface area contributed by atoms with Gasteiger partial charge in [-0.15, -0.1) is 0 Å². The summed E-state index contributed by atoms with van der Waals surface area (Å²) in [7, 11) is -21.2. The predicted molar refractivity (Wildman–Crippen MR) is 357 cm³/mol. The Labute approximate surface area is 518 Å². The van der Waals surface area contributed by atoms with Gasteiger partial charge in [-0.25, -0.2) is 0 Å². The van der Waals surface area contributed by atoms with Crippen molar-refractivity contribution in [2.45, 2.75) is 213 Å². The lowest BCUT2D eigenvalue weighted by Gasteiger charge is -2.46. The van der Waals surface area contributed by atoms with Crippen molar-refractivity contribution in [3.8, 4) is 0 Å². The fourth-order valence-electron chi connectivity index (χ4n) is 9.40. The Morgan fingerprint density at radius 1 is 0.253 bits per heavy atom. The molecule has 0 saturated heterocycles. The summed E-state index contributed by atoms with van der Waals surface area (Å²) in [6.07, 6.45) is 13.5. The number of unbranched alkanes of at least 4 members (excludes halogenated alkanes) is 9. The van der Waals surface area contributed by atoms with Crippen LogP contribution in [0.3, 0.4) is 0 Å². The van der Waals surface area contributed by atoms with Gasteiger partial charge in [0.2, 0.25) is 0 Å². The molecule has 0 aromatic carbocycles. The van der Waals surface area contributed by atoms with Crippen LogP contribution in [0.1, 0.15) is 77.6 Å². The maximum atomic E-state index is 8.67. The summed E-state index contributed by atoms with van der Waals surface area (Å²) in [4.78, 5) is 0. The number of aliphatic hydroxyl groups excluding tert-OH is 1. The smallest absolute Gasteiger partial charge is 0.437 e. The minimum absolute atomic E-state index is 0.0185. The van der Waals surface area contributed by atoms with E-state index in [1.165, 1.54) is 51.4 Å². The first-order valence-corrected chi connectivity index (χ1v) is 57.6. The van der Waals surface area contributed by atoms with E-state index in [0.717, 1.165) is 31.4 Å². The molecule has 0 bridgehead atoms. The normalized spacial score (nSPS) is 15.5. The standard InChI is InChI=1S/C55H130O19Si9/c1-20-21-22-23-24-25-26-27-28-29-52-80(17,72-79(15,16)68-75(3,4)5)73-81(18,74-82(19,69-76(6,7)8)54-55-83(57-2,70-77(9,10)11)71-78(12,13)14)53-30-32-58-34-36-60-38-40-62-42-44-64-46-48-66-50-51-67-49-47-65-45-43-63-41-39-61-37-35-59-33-31-56/h56H,20-55H2,1-19H3. The first kappa shape index (κ1) is 84.2. The second-order valence-electron chi connectivity index (χ2n) is 26.2. The summed E-state index contributed by atoms with van der Waals surface area (Å²) in [5.41, 5.74) is 0. The number of rotatable bonds is 62. The van der Waals surface area contributed by atoms with Crippen LogP contribution in [0.15, 0.2) is 0 Å². The van der Waals surface area contributed by atoms with E-state index < -0.39 is 76.3 Å². The summed E-state index contributed by atoms with van der Waals surface area (Å²) >= 11 is 0. The fourth-order valence-corrected chi connectivity index (χ4v) is 51.0. The second kappa shape index (κ2) is 47.1. The van der Waals surface area contributed by atoms with Gasteiger partial charge in [0, 0.05) is 19.8 Å². The van der Waals surface area contributed by atoms with Gasteiger partial charge < -0.3 is 85.7 Å². The van der Waals surface area contributed by atoms with Crippen molar-refractivity contribution in [3.63, 3.8) is 0 Å². The SMILES string of the molecule is CCCCCCCCCCCC[Si](C)(O[Si](C)(C)O[Si](C)(C)C)O[Si](C)(CCCOCCOCCOCCOCCOCCOCCOCCOCCOCCOCCO)O[Si](C)(CC[Si](OC)(O[Si](C)(C)C)O[Si](C)(C)C)O[Si](C)(C)C. The zero-order chi connectivity index (χ0) is 62.7. The van der Waals surface area contributed by atoms with Crippen LogP contribution in [0.2, 0.25) is 135 Å². The highest BCUT2D eigenvalue weighted by molar-refractivity contribution is 6.92. The highest BCUT2D eigenvalue weighted by Gasteiger charge is 2.54. The van der Waals surface area contributed by atoms with Crippen LogP contribution in [0.4, 0.5) is 0 Å². The average molecular weight is 1350 g/mol. The van der Waals surface area contributed by atoms with E-state index in [1.54, 1.807) is 7.11 Å².